The highest BCUT2D eigenvalue weighted by molar-refractivity contribution is 5.31. The maximum atomic E-state index is 13.3. The van der Waals surface area contributed by atoms with Gasteiger partial charge in [-0.2, -0.15) is 0 Å². The van der Waals surface area contributed by atoms with Gasteiger partial charge in [0.1, 0.15) is 5.82 Å². The maximum Gasteiger partial charge on any atom is 0.123 e. The minimum atomic E-state index is -0.167. The minimum absolute atomic E-state index is 0.00314. The number of rotatable bonds is 5. The molecule has 2 aromatic carbocycles. The average Bonchev–Trinajstić information content (AvgIpc) is 2.47. The minimum Gasteiger partial charge on any atom is -0.316 e. The maximum absolute atomic E-state index is 13.3. The van der Waals surface area contributed by atoms with Crippen molar-refractivity contribution in [2.45, 2.75) is 38.6 Å². The Hall–Kier alpha value is -1.67. The zero-order chi connectivity index (χ0) is 15.5. The molecule has 1 unspecified atom stereocenters. The van der Waals surface area contributed by atoms with E-state index in [4.69, 9.17) is 0 Å². The van der Waals surface area contributed by atoms with Crippen LogP contribution in [0.4, 0.5) is 4.39 Å². The van der Waals surface area contributed by atoms with Gasteiger partial charge in [0.05, 0.1) is 0 Å². The number of nitrogens with one attached hydrogen (secondary N) is 1. The van der Waals surface area contributed by atoms with Crippen LogP contribution in [0.3, 0.4) is 0 Å². The molecular weight excluding hydrogens is 261 g/mol. The standard InChI is InChI=1S/C19H24FN/c1-14-12-17(20)11-10-15(14)13-18(21-4)19(2,3)16-8-6-5-7-9-16/h5-12,18,21H,13H2,1-4H3. The van der Waals surface area contributed by atoms with E-state index in [2.05, 4.69) is 43.4 Å². The van der Waals surface area contributed by atoms with Gasteiger partial charge in [0.2, 0.25) is 0 Å². The highest BCUT2D eigenvalue weighted by Crippen LogP contribution is 2.29. The summed E-state index contributed by atoms with van der Waals surface area (Å²) < 4.78 is 13.3. The molecule has 21 heavy (non-hydrogen) atoms. The van der Waals surface area contributed by atoms with E-state index >= 15 is 0 Å². The van der Waals surface area contributed by atoms with Gasteiger partial charge in [-0.25, -0.2) is 4.39 Å². The molecule has 2 rings (SSSR count). The summed E-state index contributed by atoms with van der Waals surface area (Å²) in [5.74, 6) is -0.167. The van der Waals surface area contributed by atoms with Crippen LogP contribution in [-0.4, -0.2) is 13.1 Å². The molecule has 0 aromatic heterocycles. The lowest BCUT2D eigenvalue weighted by molar-refractivity contribution is 0.356. The summed E-state index contributed by atoms with van der Waals surface area (Å²) >= 11 is 0. The molecular formula is C19H24FN. The molecule has 0 amide bonds. The fourth-order valence-corrected chi connectivity index (χ4v) is 2.90. The second-order valence-corrected chi connectivity index (χ2v) is 6.20. The number of aryl methyl sites for hydroxylation is 1. The first-order chi connectivity index (χ1) is 9.95. The van der Waals surface area contributed by atoms with Crippen LogP contribution in [0.2, 0.25) is 0 Å². The molecule has 0 fully saturated rings. The van der Waals surface area contributed by atoms with Crippen LogP contribution in [0.25, 0.3) is 0 Å². The van der Waals surface area contributed by atoms with Crippen molar-refractivity contribution < 1.29 is 4.39 Å². The lowest BCUT2D eigenvalue weighted by Crippen LogP contribution is -2.44. The fourth-order valence-electron chi connectivity index (χ4n) is 2.90. The molecule has 0 saturated heterocycles. The van der Waals surface area contributed by atoms with Gasteiger partial charge < -0.3 is 5.32 Å². The van der Waals surface area contributed by atoms with Gasteiger partial charge in [0, 0.05) is 11.5 Å². The van der Waals surface area contributed by atoms with Gasteiger partial charge in [0.15, 0.2) is 0 Å². The molecule has 1 atom stereocenters. The van der Waals surface area contributed by atoms with E-state index in [1.807, 2.05) is 26.1 Å². The summed E-state index contributed by atoms with van der Waals surface area (Å²) in [7, 11) is 1.99. The molecule has 0 bridgehead atoms. The van der Waals surface area contributed by atoms with Gasteiger partial charge in [0.25, 0.3) is 0 Å². The van der Waals surface area contributed by atoms with E-state index in [-0.39, 0.29) is 17.3 Å². The average molecular weight is 285 g/mol. The largest absolute Gasteiger partial charge is 0.316 e. The summed E-state index contributed by atoms with van der Waals surface area (Å²) in [6, 6.07) is 15.9. The van der Waals surface area contributed by atoms with Crippen molar-refractivity contribution in [3.05, 3.63) is 71.0 Å². The van der Waals surface area contributed by atoms with E-state index in [9.17, 15) is 4.39 Å². The Bertz CT molecular complexity index is 590. The Kier molecular flexibility index (Phi) is 4.79. The second kappa shape index (κ2) is 6.40. The highest BCUT2D eigenvalue weighted by atomic mass is 19.1. The first-order valence-electron chi connectivity index (χ1n) is 7.43. The third kappa shape index (κ3) is 3.51. The second-order valence-electron chi connectivity index (χ2n) is 6.20. The predicted octanol–water partition coefficient (Wildman–Crippen LogP) is 4.24. The van der Waals surface area contributed by atoms with Crippen molar-refractivity contribution >= 4 is 0 Å². The number of hydrogen-bond acceptors (Lipinski definition) is 1. The Morgan fingerprint density at radius 1 is 1.10 bits per heavy atom. The molecule has 1 nitrogen and oxygen atoms in total. The lowest BCUT2D eigenvalue weighted by atomic mass is 9.75. The van der Waals surface area contributed by atoms with Crippen molar-refractivity contribution in [1.29, 1.82) is 0 Å². The van der Waals surface area contributed by atoms with E-state index in [0.29, 0.717) is 0 Å². The van der Waals surface area contributed by atoms with E-state index in [1.54, 1.807) is 12.1 Å². The summed E-state index contributed by atoms with van der Waals surface area (Å²) in [5.41, 5.74) is 3.51. The van der Waals surface area contributed by atoms with Crippen LogP contribution >= 0.6 is 0 Å². The van der Waals surface area contributed by atoms with Gasteiger partial charge in [-0.3, -0.25) is 0 Å². The molecule has 0 aliphatic carbocycles. The molecule has 0 spiro atoms. The van der Waals surface area contributed by atoms with Crippen LogP contribution in [0.1, 0.15) is 30.5 Å². The normalized spacial score (nSPS) is 13.2. The molecule has 0 aliphatic rings. The number of hydrogen-bond donors (Lipinski definition) is 1. The molecule has 0 heterocycles. The highest BCUT2D eigenvalue weighted by Gasteiger charge is 2.30. The molecule has 0 saturated carbocycles. The number of benzene rings is 2. The quantitative estimate of drug-likeness (QED) is 0.866. The van der Waals surface area contributed by atoms with E-state index < -0.39 is 0 Å². The first-order valence-corrected chi connectivity index (χ1v) is 7.43. The van der Waals surface area contributed by atoms with Crippen molar-refractivity contribution in [2.75, 3.05) is 7.05 Å². The number of likely N-dealkylation sites (N-methyl/N-ethyl adjacent to an activating group) is 1. The Morgan fingerprint density at radius 2 is 1.76 bits per heavy atom. The van der Waals surface area contributed by atoms with Crippen LogP contribution in [0.5, 0.6) is 0 Å². The third-order valence-electron chi connectivity index (χ3n) is 4.47. The molecule has 1 N–H and O–H groups in total. The van der Waals surface area contributed by atoms with Gasteiger partial charge in [-0.05, 0) is 49.2 Å². The van der Waals surface area contributed by atoms with Gasteiger partial charge in [-0.15, -0.1) is 0 Å². The SMILES string of the molecule is CNC(Cc1ccc(F)cc1C)C(C)(C)c1ccccc1. The van der Waals surface area contributed by atoms with Gasteiger partial charge in [-0.1, -0.05) is 50.2 Å². The third-order valence-corrected chi connectivity index (χ3v) is 4.47. The summed E-state index contributed by atoms with van der Waals surface area (Å²) in [5, 5.41) is 3.44. The monoisotopic (exact) mass is 285 g/mol. The molecule has 0 radical (unpaired) electrons. The summed E-state index contributed by atoms with van der Waals surface area (Å²) in [6.45, 7) is 6.48. The van der Waals surface area contributed by atoms with E-state index in [1.165, 1.54) is 11.1 Å². The Morgan fingerprint density at radius 3 is 2.33 bits per heavy atom. The first kappa shape index (κ1) is 15.7. The van der Waals surface area contributed by atoms with Crippen molar-refractivity contribution in [1.82, 2.24) is 5.32 Å². The van der Waals surface area contributed by atoms with Crippen molar-refractivity contribution in [2.24, 2.45) is 0 Å². The fraction of sp³-hybridized carbons (Fsp3) is 0.368. The predicted molar refractivity (Wildman–Crippen MR) is 87.2 cm³/mol. The van der Waals surface area contributed by atoms with Gasteiger partial charge >= 0.3 is 0 Å². The molecule has 2 heteroatoms. The topological polar surface area (TPSA) is 12.0 Å². The van der Waals surface area contributed by atoms with Crippen LogP contribution in [0, 0.1) is 12.7 Å². The molecule has 112 valence electrons. The molecule has 0 aliphatic heterocycles. The smallest absolute Gasteiger partial charge is 0.123 e. The van der Waals surface area contributed by atoms with Crippen LogP contribution < -0.4 is 5.32 Å². The molecule has 2 aromatic rings. The van der Waals surface area contributed by atoms with Crippen molar-refractivity contribution in [3.63, 3.8) is 0 Å². The zero-order valence-electron chi connectivity index (χ0n) is 13.3. The lowest BCUT2D eigenvalue weighted by Gasteiger charge is -2.35. The van der Waals surface area contributed by atoms with Crippen LogP contribution in [-0.2, 0) is 11.8 Å². The Balaban J connectivity index is 2.27. The Labute approximate surface area is 127 Å². The van der Waals surface area contributed by atoms with E-state index in [0.717, 1.165) is 12.0 Å². The summed E-state index contributed by atoms with van der Waals surface area (Å²) in [4.78, 5) is 0. The number of halogens is 1. The zero-order valence-corrected chi connectivity index (χ0v) is 13.3. The van der Waals surface area contributed by atoms with Crippen molar-refractivity contribution in [3.8, 4) is 0 Å². The van der Waals surface area contributed by atoms with Crippen LogP contribution in [0.15, 0.2) is 48.5 Å². The summed E-state index contributed by atoms with van der Waals surface area (Å²) in [6.07, 6.45) is 0.879.